The largest absolute Gasteiger partial charge is 0.383 e. The van der Waals surface area contributed by atoms with Gasteiger partial charge in [-0.15, -0.1) is 0 Å². The van der Waals surface area contributed by atoms with Crippen molar-refractivity contribution in [3.63, 3.8) is 0 Å². The lowest BCUT2D eigenvalue weighted by Gasteiger charge is -2.26. The molecule has 0 spiro atoms. The van der Waals surface area contributed by atoms with E-state index in [9.17, 15) is 18.0 Å². The van der Waals surface area contributed by atoms with Crippen molar-refractivity contribution < 1.29 is 27.5 Å². The highest BCUT2D eigenvalue weighted by atomic mass is 32.2. The average molecular weight is 385 g/mol. The van der Waals surface area contributed by atoms with Crippen LogP contribution in [0, 0.1) is 0 Å². The van der Waals surface area contributed by atoms with Gasteiger partial charge in [0, 0.05) is 32.3 Å². The molecule has 0 unspecified atom stereocenters. The summed E-state index contributed by atoms with van der Waals surface area (Å²) in [7, 11) is -2.07. The monoisotopic (exact) mass is 385 g/mol. The summed E-state index contributed by atoms with van der Waals surface area (Å²) >= 11 is 0. The first-order valence-corrected chi connectivity index (χ1v) is 9.61. The quantitative estimate of drug-likeness (QED) is 0.567. The first-order valence-electron chi connectivity index (χ1n) is 8.17. The van der Waals surface area contributed by atoms with Gasteiger partial charge in [-0.2, -0.15) is 4.31 Å². The molecule has 2 rings (SSSR count). The summed E-state index contributed by atoms with van der Waals surface area (Å²) in [4.78, 5) is 23.7. The molecule has 1 fully saturated rings. The molecule has 26 heavy (non-hydrogen) atoms. The number of nitrogens with zero attached hydrogens (tertiary/aromatic N) is 1. The van der Waals surface area contributed by atoms with E-state index >= 15 is 0 Å². The molecule has 0 atom stereocenters. The molecular weight excluding hydrogens is 362 g/mol. The van der Waals surface area contributed by atoms with E-state index in [2.05, 4.69) is 10.6 Å². The minimum atomic E-state index is -3.60. The van der Waals surface area contributed by atoms with Crippen molar-refractivity contribution in [2.45, 2.75) is 4.90 Å². The number of benzene rings is 1. The molecule has 1 aromatic carbocycles. The molecular formula is C16H23N3O6S. The van der Waals surface area contributed by atoms with Crippen LogP contribution in [0.4, 0.5) is 0 Å². The molecule has 9 nitrogen and oxygen atoms in total. The highest BCUT2D eigenvalue weighted by Gasteiger charge is 2.26. The van der Waals surface area contributed by atoms with E-state index in [1.54, 1.807) is 0 Å². The predicted molar refractivity (Wildman–Crippen MR) is 93.2 cm³/mol. The van der Waals surface area contributed by atoms with Crippen LogP contribution in [0.3, 0.4) is 0 Å². The Labute approximate surface area is 152 Å². The number of hydrogen-bond acceptors (Lipinski definition) is 6. The third-order valence-corrected chi connectivity index (χ3v) is 5.68. The first kappa shape index (κ1) is 20.3. The fraction of sp³-hybridized carbons (Fsp3) is 0.500. The predicted octanol–water partition coefficient (Wildman–Crippen LogP) is -0.800. The number of carbonyl (C=O) groups is 2. The van der Waals surface area contributed by atoms with Gasteiger partial charge >= 0.3 is 0 Å². The molecule has 1 aliphatic heterocycles. The summed E-state index contributed by atoms with van der Waals surface area (Å²) < 4.78 is 36.4. The molecule has 2 amide bonds. The van der Waals surface area contributed by atoms with Crippen LogP contribution in [0.15, 0.2) is 29.2 Å². The van der Waals surface area contributed by atoms with E-state index in [4.69, 9.17) is 9.47 Å². The van der Waals surface area contributed by atoms with Gasteiger partial charge in [-0.1, -0.05) is 0 Å². The van der Waals surface area contributed by atoms with Crippen LogP contribution < -0.4 is 10.6 Å². The Morgan fingerprint density at radius 3 is 2.42 bits per heavy atom. The Morgan fingerprint density at radius 1 is 1.15 bits per heavy atom. The standard InChI is InChI=1S/C16H23N3O6S/c1-24-9-6-17-15(20)12-18-16(21)13-2-4-14(5-3-13)26(22,23)19-7-10-25-11-8-19/h2-5H,6-12H2,1H3,(H,17,20)(H,18,21). The number of nitrogens with one attached hydrogen (secondary N) is 2. The molecule has 1 heterocycles. The number of methoxy groups -OCH3 is 1. The van der Waals surface area contributed by atoms with Crippen molar-refractivity contribution in [2.24, 2.45) is 0 Å². The van der Waals surface area contributed by atoms with Crippen LogP contribution in [-0.2, 0) is 24.3 Å². The summed E-state index contributed by atoms with van der Waals surface area (Å²) in [5, 5.41) is 5.06. The van der Waals surface area contributed by atoms with Crippen LogP contribution in [0.2, 0.25) is 0 Å². The molecule has 1 aromatic rings. The zero-order valence-electron chi connectivity index (χ0n) is 14.6. The van der Waals surface area contributed by atoms with Crippen LogP contribution in [-0.4, -0.2) is 77.6 Å². The van der Waals surface area contributed by atoms with Crippen molar-refractivity contribution >= 4 is 21.8 Å². The number of morpholine rings is 1. The fourth-order valence-corrected chi connectivity index (χ4v) is 3.74. The number of ether oxygens (including phenoxy) is 2. The topological polar surface area (TPSA) is 114 Å². The Bertz CT molecular complexity index is 714. The Balaban J connectivity index is 1.91. The molecule has 0 aliphatic carbocycles. The third kappa shape index (κ3) is 5.49. The zero-order valence-corrected chi connectivity index (χ0v) is 15.4. The maximum atomic E-state index is 12.5. The maximum absolute atomic E-state index is 12.5. The summed E-state index contributed by atoms with van der Waals surface area (Å²) in [6, 6.07) is 5.62. The third-order valence-electron chi connectivity index (χ3n) is 3.76. The van der Waals surface area contributed by atoms with E-state index in [1.807, 2.05) is 0 Å². The second-order valence-electron chi connectivity index (χ2n) is 5.57. The van der Waals surface area contributed by atoms with Crippen molar-refractivity contribution in [3.05, 3.63) is 29.8 Å². The molecule has 1 saturated heterocycles. The van der Waals surface area contributed by atoms with Gasteiger partial charge in [0.15, 0.2) is 0 Å². The lowest BCUT2D eigenvalue weighted by molar-refractivity contribution is -0.120. The maximum Gasteiger partial charge on any atom is 0.251 e. The summed E-state index contributed by atoms with van der Waals surface area (Å²) in [6.07, 6.45) is 0. The van der Waals surface area contributed by atoms with Crippen molar-refractivity contribution in [1.82, 2.24) is 14.9 Å². The number of carbonyl (C=O) groups excluding carboxylic acids is 2. The van der Waals surface area contributed by atoms with E-state index < -0.39 is 15.9 Å². The molecule has 144 valence electrons. The second kappa shape index (κ2) is 9.62. The molecule has 0 bridgehead atoms. The molecule has 0 radical (unpaired) electrons. The molecule has 0 saturated carbocycles. The SMILES string of the molecule is COCCNC(=O)CNC(=O)c1ccc(S(=O)(=O)N2CCOCC2)cc1. The summed E-state index contributed by atoms with van der Waals surface area (Å²) in [5.74, 6) is -0.788. The Kier molecular flexibility index (Phi) is 7.51. The average Bonchev–Trinajstić information content (AvgIpc) is 2.67. The van der Waals surface area contributed by atoms with Crippen molar-refractivity contribution in [2.75, 3.05) is 53.1 Å². The molecule has 10 heteroatoms. The Morgan fingerprint density at radius 2 is 1.81 bits per heavy atom. The van der Waals surface area contributed by atoms with Crippen molar-refractivity contribution in [1.29, 1.82) is 0 Å². The van der Waals surface area contributed by atoms with Gasteiger partial charge < -0.3 is 20.1 Å². The van der Waals surface area contributed by atoms with E-state index in [0.29, 0.717) is 39.5 Å². The first-order chi connectivity index (χ1) is 12.4. The number of sulfonamides is 1. The summed E-state index contributed by atoms with van der Waals surface area (Å²) in [5.41, 5.74) is 0.274. The van der Waals surface area contributed by atoms with Crippen molar-refractivity contribution in [3.8, 4) is 0 Å². The van der Waals surface area contributed by atoms with E-state index in [-0.39, 0.29) is 22.9 Å². The highest BCUT2D eigenvalue weighted by molar-refractivity contribution is 7.89. The van der Waals surface area contributed by atoms with Crippen LogP contribution in [0.5, 0.6) is 0 Å². The van der Waals surface area contributed by atoms with Crippen LogP contribution in [0.1, 0.15) is 10.4 Å². The number of hydrogen-bond donors (Lipinski definition) is 2. The Hall–Kier alpha value is -2.01. The molecule has 1 aliphatic rings. The normalized spacial score (nSPS) is 15.4. The van der Waals surface area contributed by atoms with Crippen LogP contribution >= 0.6 is 0 Å². The number of rotatable bonds is 8. The minimum Gasteiger partial charge on any atom is -0.383 e. The zero-order chi connectivity index (χ0) is 19.0. The van der Waals surface area contributed by atoms with E-state index in [0.717, 1.165) is 0 Å². The van der Waals surface area contributed by atoms with E-state index in [1.165, 1.54) is 35.7 Å². The van der Waals surface area contributed by atoms with Gasteiger partial charge in [0.2, 0.25) is 15.9 Å². The molecule has 2 N–H and O–H groups in total. The molecule has 0 aromatic heterocycles. The number of amides is 2. The van der Waals surface area contributed by atoms with Gasteiger partial charge in [0.1, 0.15) is 0 Å². The van der Waals surface area contributed by atoms with Gasteiger partial charge in [-0.3, -0.25) is 9.59 Å². The second-order valence-corrected chi connectivity index (χ2v) is 7.50. The van der Waals surface area contributed by atoms with Gasteiger partial charge in [0.05, 0.1) is 31.3 Å². The smallest absolute Gasteiger partial charge is 0.251 e. The van der Waals surface area contributed by atoms with Gasteiger partial charge in [-0.25, -0.2) is 8.42 Å². The van der Waals surface area contributed by atoms with Crippen LogP contribution in [0.25, 0.3) is 0 Å². The lowest BCUT2D eigenvalue weighted by Crippen LogP contribution is -2.40. The summed E-state index contributed by atoms with van der Waals surface area (Å²) in [6.45, 7) is 1.93. The fourth-order valence-electron chi connectivity index (χ4n) is 2.33. The lowest BCUT2D eigenvalue weighted by atomic mass is 10.2. The van der Waals surface area contributed by atoms with Gasteiger partial charge in [0.25, 0.3) is 5.91 Å². The van der Waals surface area contributed by atoms with Gasteiger partial charge in [-0.05, 0) is 24.3 Å². The highest BCUT2D eigenvalue weighted by Crippen LogP contribution is 2.17. The minimum absolute atomic E-state index is 0.119.